The predicted molar refractivity (Wildman–Crippen MR) is 102 cm³/mol. The van der Waals surface area contributed by atoms with Gasteiger partial charge in [0.25, 0.3) is 0 Å². The Labute approximate surface area is 153 Å². The zero-order valence-corrected chi connectivity index (χ0v) is 15.0. The van der Waals surface area contributed by atoms with Crippen LogP contribution in [0.1, 0.15) is 77.3 Å². The van der Waals surface area contributed by atoms with Crippen molar-refractivity contribution >= 4 is 23.2 Å². The largest absolute Gasteiger partial charge is 0.325 e. The zero-order valence-electron chi connectivity index (χ0n) is 15.0. The van der Waals surface area contributed by atoms with E-state index in [0.29, 0.717) is 34.4 Å². The van der Waals surface area contributed by atoms with Crippen LogP contribution in [0.25, 0.3) is 0 Å². The van der Waals surface area contributed by atoms with Gasteiger partial charge >= 0.3 is 0 Å². The quantitative estimate of drug-likeness (QED) is 0.625. The minimum absolute atomic E-state index is 0.117. The molecular formula is C22H23NO3. The van der Waals surface area contributed by atoms with Crippen LogP contribution in [0.3, 0.4) is 0 Å². The number of rotatable bonds is 7. The topological polar surface area (TPSA) is 63.2 Å². The number of carbonyl (C=O) groups is 3. The van der Waals surface area contributed by atoms with E-state index in [1.165, 1.54) is 12.8 Å². The Kier molecular flexibility index (Phi) is 5.61. The van der Waals surface area contributed by atoms with Crippen LogP contribution in [0.4, 0.5) is 5.69 Å². The van der Waals surface area contributed by atoms with Gasteiger partial charge in [-0.1, -0.05) is 69.0 Å². The van der Waals surface area contributed by atoms with Gasteiger partial charge in [0.2, 0.25) is 5.91 Å². The third-order valence-electron chi connectivity index (χ3n) is 4.73. The van der Waals surface area contributed by atoms with Crippen LogP contribution >= 0.6 is 0 Å². The highest BCUT2D eigenvalue weighted by Crippen LogP contribution is 2.32. The molecular weight excluding hydrogens is 326 g/mol. The summed E-state index contributed by atoms with van der Waals surface area (Å²) in [4.78, 5) is 37.8. The van der Waals surface area contributed by atoms with Crippen LogP contribution in [-0.4, -0.2) is 17.5 Å². The maximum absolute atomic E-state index is 12.9. The molecule has 2 aromatic carbocycles. The molecule has 0 saturated carbocycles. The minimum atomic E-state index is -0.214. The third-order valence-corrected chi connectivity index (χ3v) is 4.73. The maximum Gasteiger partial charge on any atom is 0.224 e. The summed E-state index contributed by atoms with van der Waals surface area (Å²) in [6.07, 6.45) is 5.76. The molecule has 1 amide bonds. The van der Waals surface area contributed by atoms with Crippen LogP contribution in [0.2, 0.25) is 0 Å². The first-order chi connectivity index (χ1) is 12.6. The Balaban J connectivity index is 1.78. The summed E-state index contributed by atoms with van der Waals surface area (Å²) in [5, 5.41) is 2.83. The van der Waals surface area contributed by atoms with Gasteiger partial charge in [0, 0.05) is 23.1 Å². The molecule has 0 fully saturated rings. The van der Waals surface area contributed by atoms with E-state index in [-0.39, 0.29) is 17.5 Å². The van der Waals surface area contributed by atoms with Crippen molar-refractivity contribution in [1.29, 1.82) is 0 Å². The molecule has 1 aliphatic carbocycles. The van der Waals surface area contributed by atoms with Crippen molar-refractivity contribution in [2.45, 2.75) is 45.4 Å². The summed E-state index contributed by atoms with van der Waals surface area (Å²) in [6, 6.07) is 11.9. The SMILES string of the molecule is CCCCCCCC(=O)Nc1cccc2c1C(=O)c1ccccc1C2=O. The average Bonchev–Trinajstić information content (AvgIpc) is 2.66. The molecule has 134 valence electrons. The standard InChI is InChI=1S/C22H23NO3/c1-2-3-4-5-6-14-19(24)23-18-13-9-12-17-20(18)22(26)16-11-8-7-10-15(16)21(17)25/h7-13H,2-6,14H2,1H3,(H,23,24). The van der Waals surface area contributed by atoms with Crippen LogP contribution < -0.4 is 5.32 Å². The summed E-state index contributed by atoms with van der Waals surface area (Å²) in [5.41, 5.74) is 1.90. The van der Waals surface area contributed by atoms with Crippen LogP contribution in [-0.2, 0) is 4.79 Å². The van der Waals surface area contributed by atoms with E-state index in [9.17, 15) is 14.4 Å². The van der Waals surface area contributed by atoms with E-state index >= 15 is 0 Å². The van der Waals surface area contributed by atoms with E-state index in [2.05, 4.69) is 12.2 Å². The maximum atomic E-state index is 12.9. The number of benzene rings is 2. The number of hydrogen-bond donors (Lipinski definition) is 1. The van der Waals surface area contributed by atoms with Gasteiger partial charge in [0.1, 0.15) is 0 Å². The van der Waals surface area contributed by atoms with E-state index in [1.807, 2.05) is 0 Å². The molecule has 1 N–H and O–H groups in total. The van der Waals surface area contributed by atoms with Gasteiger partial charge in [-0.2, -0.15) is 0 Å². The molecule has 4 heteroatoms. The van der Waals surface area contributed by atoms with Gasteiger partial charge in [0.05, 0.1) is 11.3 Å². The summed E-state index contributed by atoms with van der Waals surface area (Å²) in [6.45, 7) is 2.15. The van der Waals surface area contributed by atoms with Crippen LogP contribution in [0.5, 0.6) is 0 Å². The molecule has 0 saturated heterocycles. The number of carbonyl (C=O) groups excluding carboxylic acids is 3. The highest BCUT2D eigenvalue weighted by Gasteiger charge is 2.31. The number of fused-ring (bicyclic) bond motifs is 2. The van der Waals surface area contributed by atoms with Gasteiger partial charge < -0.3 is 5.32 Å². The van der Waals surface area contributed by atoms with Crippen molar-refractivity contribution in [3.05, 3.63) is 64.7 Å². The molecule has 0 unspecified atom stereocenters. The van der Waals surface area contributed by atoms with Crippen LogP contribution in [0, 0.1) is 0 Å². The van der Waals surface area contributed by atoms with E-state index in [1.54, 1.807) is 42.5 Å². The molecule has 0 spiro atoms. The van der Waals surface area contributed by atoms with Crippen LogP contribution in [0.15, 0.2) is 42.5 Å². The number of amides is 1. The van der Waals surface area contributed by atoms with Crippen molar-refractivity contribution in [3.63, 3.8) is 0 Å². The fourth-order valence-electron chi connectivity index (χ4n) is 3.35. The second-order valence-electron chi connectivity index (χ2n) is 6.64. The lowest BCUT2D eigenvalue weighted by atomic mass is 9.83. The summed E-state index contributed by atoms with van der Waals surface area (Å²) in [5.74, 6) is -0.506. The van der Waals surface area contributed by atoms with Crippen molar-refractivity contribution in [3.8, 4) is 0 Å². The molecule has 0 aliphatic heterocycles. The second-order valence-corrected chi connectivity index (χ2v) is 6.64. The molecule has 0 atom stereocenters. The van der Waals surface area contributed by atoms with E-state index in [0.717, 1.165) is 19.3 Å². The number of unbranched alkanes of at least 4 members (excludes halogenated alkanes) is 4. The molecule has 4 nitrogen and oxygen atoms in total. The normalized spacial score (nSPS) is 12.5. The Morgan fingerprint density at radius 3 is 2.19 bits per heavy atom. The molecule has 1 aliphatic rings. The summed E-state index contributed by atoms with van der Waals surface area (Å²) >= 11 is 0. The Morgan fingerprint density at radius 1 is 0.808 bits per heavy atom. The Hall–Kier alpha value is -2.75. The molecule has 0 bridgehead atoms. The zero-order chi connectivity index (χ0) is 18.5. The van der Waals surface area contributed by atoms with Gasteiger partial charge in [-0.15, -0.1) is 0 Å². The predicted octanol–water partition coefficient (Wildman–Crippen LogP) is 4.76. The van der Waals surface area contributed by atoms with Gasteiger partial charge in [-0.25, -0.2) is 0 Å². The Bertz CT molecular complexity index is 854. The van der Waals surface area contributed by atoms with E-state index in [4.69, 9.17) is 0 Å². The van der Waals surface area contributed by atoms with Crippen molar-refractivity contribution in [2.24, 2.45) is 0 Å². The third kappa shape index (κ3) is 3.59. The smallest absolute Gasteiger partial charge is 0.224 e. The lowest BCUT2D eigenvalue weighted by Gasteiger charge is -2.20. The molecule has 0 heterocycles. The molecule has 2 aromatic rings. The fraction of sp³-hybridized carbons (Fsp3) is 0.318. The first-order valence-electron chi connectivity index (χ1n) is 9.24. The number of ketones is 2. The van der Waals surface area contributed by atoms with Crippen molar-refractivity contribution < 1.29 is 14.4 Å². The highest BCUT2D eigenvalue weighted by molar-refractivity contribution is 6.30. The fourth-order valence-corrected chi connectivity index (χ4v) is 3.35. The van der Waals surface area contributed by atoms with Gasteiger partial charge in [-0.3, -0.25) is 14.4 Å². The monoisotopic (exact) mass is 349 g/mol. The lowest BCUT2D eigenvalue weighted by molar-refractivity contribution is -0.116. The highest BCUT2D eigenvalue weighted by atomic mass is 16.2. The summed E-state index contributed by atoms with van der Waals surface area (Å²) < 4.78 is 0. The molecule has 3 rings (SSSR count). The minimum Gasteiger partial charge on any atom is -0.325 e. The lowest BCUT2D eigenvalue weighted by Crippen LogP contribution is -2.23. The van der Waals surface area contributed by atoms with Crippen molar-refractivity contribution in [2.75, 3.05) is 5.32 Å². The first kappa shape index (κ1) is 18.1. The number of anilines is 1. The van der Waals surface area contributed by atoms with Crippen molar-refractivity contribution in [1.82, 2.24) is 0 Å². The number of hydrogen-bond acceptors (Lipinski definition) is 3. The van der Waals surface area contributed by atoms with E-state index < -0.39 is 0 Å². The summed E-state index contributed by atoms with van der Waals surface area (Å²) in [7, 11) is 0. The first-order valence-corrected chi connectivity index (χ1v) is 9.24. The number of nitrogens with one attached hydrogen (secondary N) is 1. The molecule has 26 heavy (non-hydrogen) atoms. The van der Waals surface area contributed by atoms with Gasteiger partial charge in [-0.05, 0) is 12.5 Å². The Morgan fingerprint density at radius 2 is 1.46 bits per heavy atom. The van der Waals surface area contributed by atoms with Gasteiger partial charge in [0.15, 0.2) is 11.6 Å². The second kappa shape index (κ2) is 8.09. The average molecular weight is 349 g/mol. The molecule has 0 radical (unpaired) electrons. The molecule has 0 aromatic heterocycles.